The van der Waals surface area contributed by atoms with Crippen molar-refractivity contribution in [3.8, 4) is 11.4 Å². The number of benzene rings is 2. The van der Waals surface area contributed by atoms with E-state index in [1.165, 1.54) is 12.0 Å². The van der Waals surface area contributed by atoms with Gasteiger partial charge < -0.3 is 14.4 Å². The zero-order valence-electron chi connectivity index (χ0n) is 20.3. The number of amides is 1. The number of aromatic nitrogens is 3. The Morgan fingerprint density at radius 1 is 1.06 bits per heavy atom. The number of likely N-dealkylation sites (tertiary alicyclic amines) is 1. The summed E-state index contributed by atoms with van der Waals surface area (Å²) in [5, 5.41) is 4.20. The van der Waals surface area contributed by atoms with E-state index in [0.717, 1.165) is 14.8 Å². The van der Waals surface area contributed by atoms with E-state index < -0.39 is 23.1 Å². The molecule has 10 heteroatoms. The van der Waals surface area contributed by atoms with Crippen LogP contribution in [-0.4, -0.2) is 57.9 Å². The lowest BCUT2D eigenvalue weighted by molar-refractivity contribution is -0.149. The summed E-state index contributed by atoms with van der Waals surface area (Å²) >= 11 is 0. The van der Waals surface area contributed by atoms with Crippen molar-refractivity contribution < 1.29 is 19.1 Å². The van der Waals surface area contributed by atoms with Crippen LogP contribution in [0.25, 0.3) is 5.69 Å². The number of hydrogen-bond donors (Lipinski definition) is 0. The molecule has 1 unspecified atom stereocenters. The molecule has 1 saturated heterocycles. The predicted octanol–water partition coefficient (Wildman–Crippen LogP) is 1.87. The third-order valence-electron chi connectivity index (χ3n) is 6.09. The van der Waals surface area contributed by atoms with Crippen molar-refractivity contribution >= 4 is 11.9 Å². The number of methoxy groups -OCH3 is 1. The van der Waals surface area contributed by atoms with Crippen LogP contribution in [0.5, 0.6) is 5.75 Å². The minimum atomic E-state index is -0.781. The molecule has 36 heavy (non-hydrogen) atoms. The van der Waals surface area contributed by atoms with Gasteiger partial charge in [-0.1, -0.05) is 30.3 Å². The fourth-order valence-corrected chi connectivity index (χ4v) is 4.21. The van der Waals surface area contributed by atoms with Crippen LogP contribution in [-0.2, 0) is 16.1 Å². The van der Waals surface area contributed by atoms with Crippen LogP contribution in [0, 0.1) is 5.92 Å². The van der Waals surface area contributed by atoms with E-state index in [-0.39, 0.29) is 31.4 Å². The first kappa shape index (κ1) is 24.9. The van der Waals surface area contributed by atoms with Crippen LogP contribution in [0.3, 0.4) is 0 Å². The second-order valence-corrected chi connectivity index (χ2v) is 8.46. The third kappa shape index (κ3) is 5.22. The first-order valence-electron chi connectivity index (χ1n) is 11.8. The van der Waals surface area contributed by atoms with Gasteiger partial charge in [0.2, 0.25) is 5.69 Å². The van der Waals surface area contributed by atoms with Crippen molar-refractivity contribution in [1.82, 2.24) is 19.2 Å². The van der Waals surface area contributed by atoms with Crippen molar-refractivity contribution in [1.29, 1.82) is 0 Å². The Kier molecular flexibility index (Phi) is 7.62. The van der Waals surface area contributed by atoms with Crippen LogP contribution >= 0.6 is 0 Å². The standard InChI is InChI=1S/C26H28N4O6/c1-3-36-25(33)19-10-7-15-28(17-19)23(31)22-24(32)29(16-18-8-5-4-6-9-18)26(34)30(27-22)20-11-13-21(35-2)14-12-20/h4-6,8-9,11-14,19H,3,7,10,15-17H2,1-2H3. The van der Waals surface area contributed by atoms with Gasteiger partial charge in [0.15, 0.2) is 0 Å². The van der Waals surface area contributed by atoms with Crippen molar-refractivity contribution in [3.63, 3.8) is 0 Å². The van der Waals surface area contributed by atoms with Gasteiger partial charge >= 0.3 is 11.7 Å². The number of ether oxygens (including phenoxy) is 2. The van der Waals surface area contributed by atoms with Crippen LogP contribution < -0.4 is 16.0 Å². The predicted molar refractivity (Wildman–Crippen MR) is 131 cm³/mol. The molecular formula is C26H28N4O6. The van der Waals surface area contributed by atoms with Crippen molar-refractivity contribution in [2.24, 2.45) is 5.92 Å². The van der Waals surface area contributed by atoms with Gasteiger partial charge in [0.25, 0.3) is 11.5 Å². The zero-order valence-corrected chi connectivity index (χ0v) is 20.3. The SMILES string of the molecule is CCOC(=O)C1CCCN(C(=O)c2nn(-c3ccc(OC)cc3)c(=O)n(Cc3ccccc3)c2=O)C1. The molecule has 188 valence electrons. The fourth-order valence-electron chi connectivity index (χ4n) is 4.21. The topological polar surface area (TPSA) is 113 Å². The van der Waals surface area contributed by atoms with E-state index >= 15 is 0 Å². The zero-order chi connectivity index (χ0) is 25.7. The largest absolute Gasteiger partial charge is 0.497 e. The Hall–Kier alpha value is -4.21. The van der Waals surface area contributed by atoms with Crippen molar-refractivity contribution in [2.75, 3.05) is 26.8 Å². The highest BCUT2D eigenvalue weighted by atomic mass is 16.5. The summed E-state index contributed by atoms with van der Waals surface area (Å²) in [6, 6.07) is 15.6. The van der Waals surface area contributed by atoms with Gasteiger partial charge in [-0.3, -0.25) is 19.0 Å². The molecule has 1 aliphatic heterocycles. The van der Waals surface area contributed by atoms with Crippen molar-refractivity contribution in [3.05, 3.63) is 86.7 Å². The van der Waals surface area contributed by atoms with Crippen LogP contribution in [0.4, 0.5) is 0 Å². The highest BCUT2D eigenvalue weighted by Gasteiger charge is 2.32. The summed E-state index contributed by atoms with van der Waals surface area (Å²) in [4.78, 5) is 54.0. The monoisotopic (exact) mass is 492 g/mol. The first-order chi connectivity index (χ1) is 17.4. The molecule has 0 N–H and O–H groups in total. The maximum Gasteiger partial charge on any atom is 0.352 e. The maximum atomic E-state index is 13.5. The van der Waals surface area contributed by atoms with Gasteiger partial charge in [0, 0.05) is 13.1 Å². The smallest absolute Gasteiger partial charge is 0.352 e. The highest BCUT2D eigenvalue weighted by molar-refractivity contribution is 5.92. The molecule has 0 radical (unpaired) electrons. The van der Waals surface area contributed by atoms with Gasteiger partial charge in [0.05, 0.1) is 31.9 Å². The molecule has 3 aromatic rings. The van der Waals surface area contributed by atoms with E-state index in [2.05, 4.69) is 5.10 Å². The second kappa shape index (κ2) is 11.0. The Labute approximate surface area is 207 Å². The number of hydrogen-bond acceptors (Lipinski definition) is 7. The number of rotatable bonds is 7. The van der Waals surface area contributed by atoms with Gasteiger partial charge in [-0.05, 0) is 49.6 Å². The van der Waals surface area contributed by atoms with Crippen molar-refractivity contribution in [2.45, 2.75) is 26.3 Å². The minimum absolute atomic E-state index is 0.0249. The lowest BCUT2D eigenvalue weighted by Crippen LogP contribution is -2.49. The normalized spacial score (nSPS) is 15.4. The molecule has 1 atom stereocenters. The third-order valence-corrected chi connectivity index (χ3v) is 6.09. The molecule has 1 aliphatic rings. The number of carbonyl (C=O) groups is 2. The molecule has 0 aliphatic carbocycles. The van der Waals surface area contributed by atoms with E-state index in [0.29, 0.717) is 30.8 Å². The fraction of sp³-hybridized carbons (Fsp3) is 0.346. The summed E-state index contributed by atoms with van der Waals surface area (Å²) < 4.78 is 12.4. The van der Waals surface area contributed by atoms with E-state index in [9.17, 15) is 19.2 Å². The number of nitrogens with zero attached hydrogens (tertiary/aromatic N) is 4. The molecule has 10 nitrogen and oxygen atoms in total. The maximum absolute atomic E-state index is 13.5. The Morgan fingerprint density at radius 3 is 2.44 bits per heavy atom. The lowest BCUT2D eigenvalue weighted by Gasteiger charge is -2.31. The Morgan fingerprint density at radius 2 is 1.78 bits per heavy atom. The van der Waals surface area contributed by atoms with Gasteiger partial charge in [0.1, 0.15) is 5.75 Å². The number of carbonyl (C=O) groups excluding carboxylic acids is 2. The first-order valence-corrected chi connectivity index (χ1v) is 11.8. The highest BCUT2D eigenvalue weighted by Crippen LogP contribution is 2.19. The van der Waals surface area contributed by atoms with Gasteiger partial charge in [-0.2, -0.15) is 9.78 Å². The molecule has 4 rings (SSSR count). The summed E-state index contributed by atoms with van der Waals surface area (Å²) in [5.41, 5.74) is -0.737. The Balaban J connectivity index is 1.77. The summed E-state index contributed by atoms with van der Waals surface area (Å²) in [5.74, 6) is -0.883. The minimum Gasteiger partial charge on any atom is -0.497 e. The molecule has 2 heterocycles. The van der Waals surface area contributed by atoms with Crippen LogP contribution in [0.15, 0.2) is 64.2 Å². The molecule has 1 aromatic heterocycles. The van der Waals surface area contributed by atoms with E-state index in [1.807, 2.05) is 6.07 Å². The molecular weight excluding hydrogens is 464 g/mol. The lowest BCUT2D eigenvalue weighted by atomic mass is 9.98. The quantitative estimate of drug-likeness (QED) is 0.463. The summed E-state index contributed by atoms with van der Waals surface area (Å²) in [6.45, 7) is 2.45. The Bertz CT molecular complexity index is 1350. The van der Waals surface area contributed by atoms with Crippen LogP contribution in [0.2, 0.25) is 0 Å². The molecule has 2 aromatic carbocycles. The van der Waals surface area contributed by atoms with E-state index in [1.54, 1.807) is 55.5 Å². The molecule has 0 bridgehead atoms. The number of piperidine rings is 1. The second-order valence-electron chi connectivity index (χ2n) is 8.46. The number of esters is 1. The van der Waals surface area contributed by atoms with Crippen LogP contribution in [0.1, 0.15) is 35.8 Å². The molecule has 1 fully saturated rings. The summed E-state index contributed by atoms with van der Waals surface area (Å²) in [7, 11) is 1.53. The van der Waals surface area contributed by atoms with Gasteiger partial charge in [-0.15, -0.1) is 0 Å². The average molecular weight is 493 g/mol. The average Bonchev–Trinajstić information content (AvgIpc) is 2.92. The van der Waals surface area contributed by atoms with Gasteiger partial charge in [-0.25, -0.2) is 4.79 Å². The molecule has 0 saturated carbocycles. The molecule has 1 amide bonds. The summed E-state index contributed by atoms with van der Waals surface area (Å²) in [6.07, 6.45) is 1.19. The molecule has 0 spiro atoms. The van der Waals surface area contributed by atoms with E-state index in [4.69, 9.17) is 9.47 Å².